The first-order chi connectivity index (χ1) is 1.89. The molecule has 1 rings (SSSR count). The van der Waals surface area contributed by atoms with Crippen LogP contribution in [-0.2, 0) is 0 Å². The Morgan fingerprint density at radius 1 is 1.50 bits per heavy atom. The minimum atomic E-state index is -0.417. The lowest BCUT2D eigenvalue weighted by Gasteiger charge is -1.46. The van der Waals surface area contributed by atoms with E-state index in [9.17, 15) is 0 Å². The van der Waals surface area contributed by atoms with E-state index in [0.29, 0.717) is 0 Å². The third-order valence-electron chi connectivity index (χ3n) is 0.507. The van der Waals surface area contributed by atoms with E-state index in [1.165, 1.54) is 12.1 Å². The molecule has 0 aromatic carbocycles. The van der Waals surface area contributed by atoms with Crippen molar-refractivity contribution < 1.29 is 0 Å². The normalized spacial score (nSPS) is 26.2. The number of rotatable bonds is 0. The van der Waals surface area contributed by atoms with Crippen molar-refractivity contribution in [1.82, 2.24) is 0 Å². The van der Waals surface area contributed by atoms with Gasteiger partial charge in [0.15, 0.2) is 0 Å². The van der Waals surface area contributed by atoms with Crippen LogP contribution in [0.3, 0.4) is 0 Å². The molecule has 0 radical (unpaired) electrons. The highest BCUT2D eigenvalue weighted by atomic mass is 35.6. The van der Waals surface area contributed by atoms with Gasteiger partial charge in [-0.3, -0.25) is 0 Å². The second kappa shape index (κ2) is 0.727. The molecule has 1 aliphatic heterocycles. The standard InChI is InChI=1S/C2H5ClSi/c3-4-1-2-4/h4H,1-2H2. The van der Waals surface area contributed by atoms with E-state index in [0.717, 1.165) is 0 Å². The van der Waals surface area contributed by atoms with Crippen molar-refractivity contribution in [2.45, 2.75) is 12.1 Å². The van der Waals surface area contributed by atoms with Gasteiger partial charge in [0.2, 0.25) is 0 Å². The minimum Gasteiger partial charge on any atom is -0.172 e. The number of hydrogen-bond donors (Lipinski definition) is 0. The molecule has 0 aliphatic carbocycles. The lowest BCUT2D eigenvalue weighted by Crippen LogP contribution is -1.55. The molecule has 0 bridgehead atoms. The Morgan fingerprint density at radius 2 is 1.75 bits per heavy atom. The van der Waals surface area contributed by atoms with E-state index >= 15 is 0 Å². The Labute approximate surface area is 32.1 Å². The molecule has 24 valence electrons. The molecule has 0 unspecified atom stereocenters. The first kappa shape index (κ1) is 2.73. The van der Waals surface area contributed by atoms with Crippen molar-refractivity contribution in [3.05, 3.63) is 0 Å². The fourth-order valence-corrected chi connectivity index (χ4v) is 1.70. The molecule has 4 heavy (non-hydrogen) atoms. The Balaban J connectivity index is 2.17. The zero-order valence-electron chi connectivity index (χ0n) is 2.37. The third-order valence-corrected chi connectivity index (χ3v) is 2.83. The molecule has 0 N–H and O–H groups in total. The summed E-state index contributed by atoms with van der Waals surface area (Å²) in [6.45, 7) is 0. The molecular weight excluding hydrogens is 87.6 g/mol. The average Bonchev–Trinajstić information content (AvgIpc) is 1.75. The van der Waals surface area contributed by atoms with Gasteiger partial charge in [-0.1, -0.05) is 0 Å². The molecule has 2 heteroatoms. The number of halogens is 1. The molecule has 0 aromatic rings. The first-order valence-electron chi connectivity index (χ1n) is 1.53. The lowest BCUT2D eigenvalue weighted by atomic mass is 11.0. The maximum Gasteiger partial charge on any atom is 0.140 e. The van der Waals surface area contributed by atoms with Crippen LogP contribution in [0.15, 0.2) is 0 Å². The van der Waals surface area contributed by atoms with Gasteiger partial charge in [-0.25, -0.2) is 0 Å². The zero-order chi connectivity index (χ0) is 2.99. The summed E-state index contributed by atoms with van der Waals surface area (Å²) in [4.78, 5) is 0. The van der Waals surface area contributed by atoms with Crippen LogP contribution < -0.4 is 0 Å². The monoisotopic (exact) mass is 92.0 g/mol. The molecular formula is C2H5ClSi. The summed E-state index contributed by atoms with van der Waals surface area (Å²) in [7, 11) is -0.417. The highest BCUT2D eigenvalue weighted by molar-refractivity contribution is 7.12. The third kappa shape index (κ3) is 0.463. The van der Waals surface area contributed by atoms with E-state index in [1.54, 1.807) is 0 Å². The largest absolute Gasteiger partial charge is 0.172 e. The molecule has 1 saturated heterocycles. The van der Waals surface area contributed by atoms with Crippen LogP contribution in [0.5, 0.6) is 0 Å². The van der Waals surface area contributed by atoms with Crippen molar-refractivity contribution in [2.24, 2.45) is 0 Å². The van der Waals surface area contributed by atoms with Crippen molar-refractivity contribution in [2.75, 3.05) is 0 Å². The van der Waals surface area contributed by atoms with Crippen LogP contribution in [-0.4, -0.2) is 8.11 Å². The molecule has 0 spiro atoms. The fourth-order valence-electron chi connectivity index (χ4n) is 0.0630. The van der Waals surface area contributed by atoms with Crippen LogP contribution in [0.2, 0.25) is 12.1 Å². The van der Waals surface area contributed by atoms with E-state index < -0.39 is 8.11 Å². The predicted molar refractivity (Wildman–Crippen MR) is 22.6 cm³/mol. The van der Waals surface area contributed by atoms with Gasteiger partial charge < -0.3 is 0 Å². The van der Waals surface area contributed by atoms with Crippen molar-refractivity contribution in [3.63, 3.8) is 0 Å². The van der Waals surface area contributed by atoms with Crippen LogP contribution in [0.1, 0.15) is 0 Å². The molecule has 0 aromatic heterocycles. The van der Waals surface area contributed by atoms with Crippen molar-refractivity contribution in [1.29, 1.82) is 0 Å². The zero-order valence-corrected chi connectivity index (χ0v) is 4.28. The molecule has 0 saturated carbocycles. The van der Waals surface area contributed by atoms with Crippen molar-refractivity contribution >= 4 is 19.2 Å². The molecule has 1 aliphatic rings. The summed E-state index contributed by atoms with van der Waals surface area (Å²) in [5, 5.41) is 0. The molecule has 0 nitrogen and oxygen atoms in total. The van der Waals surface area contributed by atoms with E-state index in [-0.39, 0.29) is 0 Å². The molecule has 0 amide bonds. The Morgan fingerprint density at radius 3 is 1.75 bits per heavy atom. The second-order valence-corrected chi connectivity index (χ2v) is 5.38. The SMILES string of the molecule is Cl[SiH]1CC1. The minimum absolute atomic E-state index is 0.417. The van der Waals surface area contributed by atoms with Crippen LogP contribution in [0.4, 0.5) is 0 Å². The summed E-state index contributed by atoms with van der Waals surface area (Å²) in [5.74, 6) is 0. The van der Waals surface area contributed by atoms with Crippen molar-refractivity contribution in [3.8, 4) is 0 Å². The van der Waals surface area contributed by atoms with Crippen LogP contribution in [0, 0.1) is 0 Å². The summed E-state index contributed by atoms with van der Waals surface area (Å²) >= 11 is 5.52. The Kier molecular flexibility index (Phi) is 0.496. The maximum atomic E-state index is 5.52. The fraction of sp³-hybridized carbons (Fsp3) is 1.00. The van der Waals surface area contributed by atoms with Gasteiger partial charge in [0, 0.05) is 0 Å². The van der Waals surface area contributed by atoms with Crippen LogP contribution >= 0.6 is 11.1 Å². The van der Waals surface area contributed by atoms with E-state index in [1.807, 2.05) is 0 Å². The first-order valence-corrected chi connectivity index (χ1v) is 4.91. The van der Waals surface area contributed by atoms with E-state index in [2.05, 4.69) is 0 Å². The second-order valence-electron chi connectivity index (χ2n) is 1.17. The smallest absolute Gasteiger partial charge is 0.140 e. The molecule has 0 atom stereocenters. The van der Waals surface area contributed by atoms with Gasteiger partial charge in [0.25, 0.3) is 0 Å². The van der Waals surface area contributed by atoms with E-state index in [4.69, 9.17) is 11.1 Å². The van der Waals surface area contributed by atoms with Gasteiger partial charge in [-0.15, -0.1) is 0 Å². The van der Waals surface area contributed by atoms with Gasteiger partial charge >= 0.3 is 0 Å². The Bertz CT molecular complexity index is 25.2. The van der Waals surface area contributed by atoms with Gasteiger partial charge in [0.05, 0.1) is 0 Å². The highest BCUT2D eigenvalue weighted by Gasteiger charge is 2.19. The maximum absolute atomic E-state index is 5.52. The summed E-state index contributed by atoms with van der Waals surface area (Å²) in [6, 6.07) is 2.78. The Hall–Kier alpha value is 0.507. The molecule has 1 fully saturated rings. The van der Waals surface area contributed by atoms with Crippen LogP contribution in [0.25, 0.3) is 0 Å². The summed E-state index contributed by atoms with van der Waals surface area (Å²) in [5.41, 5.74) is 0. The lowest BCUT2D eigenvalue weighted by molar-refractivity contribution is 1.69. The van der Waals surface area contributed by atoms with Gasteiger partial charge in [-0.2, -0.15) is 11.1 Å². The topological polar surface area (TPSA) is 0 Å². The quantitative estimate of drug-likeness (QED) is 0.309. The summed E-state index contributed by atoms with van der Waals surface area (Å²) in [6.07, 6.45) is 0. The van der Waals surface area contributed by atoms with Gasteiger partial charge in [-0.05, 0) is 12.1 Å². The predicted octanol–water partition coefficient (Wildman–Crippen LogP) is 0.963. The highest BCUT2D eigenvalue weighted by Crippen LogP contribution is 2.23. The summed E-state index contributed by atoms with van der Waals surface area (Å²) < 4.78 is 0. The van der Waals surface area contributed by atoms with Gasteiger partial charge in [0.1, 0.15) is 8.11 Å². The molecule has 1 heterocycles. The average molecular weight is 92.6 g/mol. The number of hydrogen-bond acceptors (Lipinski definition) is 0.